The first-order valence-electron chi connectivity index (χ1n) is 8.07. The highest BCUT2D eigenvalue weighted by Gasteiger charge is 2.30. The maximum absolute atomic E-state index is 5.77. The Labute approximate surface area is 120 Å². The third-order valence-corrected chi connectivity index (χ3v) is 3.29. The van der Waals surface area contributed by atoms with Gasteiger partial charge in [0, 0.05) is 20.1 Å². The Morgan fingerprint density at radius 3 is 1.89 bits per heavy atom. The van der Waals surface area contributed by atoms with E-state index in [1.165, 1.54) is 38.5 Å². The van der Waals surface area contributed by atoms with Crippen LogP contribution in [0.4, 0.5) is 0 Å². The van der Waals surface area contributed by atoms with Gasteiger partial charge in [0.1, 0.15) is 0 Å². The zero-order valence-corrected chi connectivity index (χ0v) is 13.5. The smallest absolute Gasteiger partial charge is 0.282 e. The fourth-order valence-corrected chi connectivity index (χ4v) is 2.18. The van der Waals surface area contributed by atoms with Crippen molar-refractivity contribution < 1.29 is 14.2 Å². The number of unbranched alkanes of at least 4 members (excludes halogenated alkanes) is 6. The SMILES string of the molecule is CCCCCCCCCC(OC)(OCC)OCCC. The van der Waals surface area contributed by atoms with E-state index in [1.807, 2.05) is 6.92 Å². The Hall–Kier alpha value is -0.120. The quantitative estimate of drug-likeness (QED) is 0.333. The van der Waals surface area contributed by atoms with E-state index in [1.54, 1.807) is 7.11 Å². The molecule has 0 aliphatic carbocycles. The second-order valence-corrected chi connectivity index (χ2v) is 5.04. The third kappa shape index (κ3) is 9.42. The van der Waals surface area contributed by atoms with E-state index >= 15 is 0 Å². The first kappa shape index (κ1) is 18.9. The van der Waals surface area contributed by atoms with Crippen LogP contribution in [0.2, 0.25) is 0 Å². The summed E-state index contributed by atoms with van der Waals surface area (Å²) in [6.07, 6.45) is 10.8. The summed E-state index contributed by atoms with van der Waals surface area (Å²) in [6, 6.07) is 0. The van der Waals surface area contributed by atoms with Crippen molar-refractivity contribution in [2.24, 2.45) is 0 Å². The van der Waals surface area contributed by atoms with Gasteiger partial charge < -0.3 is 14.2 Å². The Morgan fingerprint density at radius 2 is 1.37 bits per heavy atom. The molecule has 1 unspecified atom stereocenters. The van der Waals surface area contributed by atoms with Gasteiger partial charge in [-0.1, -0.05) is 52.4 Å². The van der Waals surface area contributed by atoms with Crippen LogP contribution in [0.15, 0.2) is 0 Å². The van der Waals surface area contributed by atoms with Gasteiger partial charge in [0.2, 0.25) is 0 Å². The number of hydrogen-bond acceptors (Lipinski definition) is 3. The van der Waals surface area contributed by atoms with Crippen molar-refractivity contribution in [1.82, 2.24) is 0 Å². The Balaban J connectivity index is 3.84. The number of methoxy groups -OCH3 is 1. The average Bonchev–Trinajstić information content (AvgIpc) is 2.43. The molecular formula is C16H34O3. The van der Waals surface area contributed by atoms with Gasteiger partial charge in [-0.15, -0.1) is 0 Å². The molecule has 0 aliphatic heterocycles. The summed E-state index contributed by atoms with van der Waals surface area (Å²) in [5.74, 6) is -0.811. The predicted octanol–water partition coefficient (Wildman–Crippen LogP) is 4.89. The molecular weight excluding hydrogens is 240 g/mol. The number of hydrogen-bond donors (Lipinski definition) is 0. The Morgan fingerprint density at radius 1 is 0.737 bits per heavy atom. The maximum atomic E-state index is 5.77. The summed E-state index contributed by atoms with van der Waals surface area (Å²) in [4.78, 5) is 0. The molecule has 0 radical (unpaired) electrons. The van der Waals surface area contributed by atoms with E-state index in [0.717, 1.165) is 19.3 Å². The number of ether oxygens (including phenoxy) is 3. The van der Waals surface area contributed by atoms with Crippen molar-refractivity contribution in [3.8, 4) is 0 Å². The first-order valence-corrected chi connectivity index (χ1v) is 8.07. The highest BCUT2D eigenvalue weighted by atomic mass is 16.9. The second kappa shape index (κ2) is 12.9. The minimum absolute atomic E-state index is 0.619. The molecule has 0 saturated carbocycles. The van der Waals surface area contributed by atoms with E-state index in [9.17, 15) is 0 Å². The highest BCUT2D eigenvalue weighted by Crippen LogP contribution is 2.23. The molecule has 0 saturated heterocycles. The minimum Gasteiger partial charge on any atom is -0.331 e. The first-order chi connectivity index (χ1) is 9.24. The monoisotopic (exact) mass is 274 g/mol. The van der Waals surface area contributed by atoms with Crippen molar-refractivity contribution in [3.63, 3.8) is 0 Å². The Bertz CT molecular complexity index is 185. The van der Waals surface area contributed by atoms with Gasteiger partial charge in [-0.05, 0) is 19.8 Å². The molecule has 19 heavy (non-hydrogen) atoms. The largest absolute Gasteiger partial charge is 0.331 e. The van der Waals surface area contributed by atoms with Crippen LogP contribution < -0.4 is 0 Å². The summed E-state index contributed by atoms with van der Waals surface area (Å²) in [5, 5.41) is 0. The molecule has 116 valence electrons. The zero-order chi connectivity index (χ0) is 14.4. The van der Waals surface area contributed by atoms with E-state index in [-0.39, 0.29) is 0 Å². The van der Waals surface area contributed by atoms with Gasteiger partial charge in [0.15, 0.2) is 0 Å². The summed E-state index contributed by atoms with van der Waals surface area (Å²) in [6.45, 7) is 7.63. The molecule has 1 atom stereocenters. The molecule has 0 bridgehead atoms. The fourth-order valence-electron chi connectivity index (χ4n) is 2.18. The van der Waals surface area contributed by atoms with Crippen LogP contribution in [0.3, 0.4) is 0 Å². The van der Waals surface area contributed by atoms with Crippen molar-refractivity contribution in [2.45, 2.75) is 84.5 Å². The van der Waals surface area contributed by atoms with Crippen LogP contribution in [0, 0.1) is 0 Å². The summed E-state index contributed by atoms with van der Waals surface area (Å²) < 4.78 is 16.9. The van der Waals surface area contributed by atoms with Crippen LogP contribution in [-0.2, 0) is 14.2 Å². The molecule has 0 amide bonds. The minimum atomic E-state index is -0.811. The predicted molar refractivity (Wildman–Crippen MR) is 80.2 cm³/mol. The third-order valence-electron chi connectivity index (χ3n) is 3.29. The molecule has 0 N–H and O–H groups in total. The van der Waals surface area contributed by atoms with Gasteiger partial charge in [-0.25, -0.2) is 0 Å². The highest BCUT2D eigenvalue weighted by molar-refractivity contribution is 4.58. The van der Waals surface area contributed by atoms with Gasteiger partial charge in [0.25, 0.3) is 5.97 Å². The normalized spacial score (nSPS) is 14.5. The van der Waals surface area contributed by atoms with Crippen LogP contribution in [-0.4, -0.2) is 26.3 Å². The van der Waals surface area contributed by atoms with Crippen LogP contribution >= 0.6 is 0 Å². The summed E-state index contributed by atoms with van der Waals surface area (Å²) in [5.41, 5.74) is 0. The molecule has 0 aromatic heterocycles. The Kier molecular flexibility index (Phi) is 12.8. The van der Waals surface area contributed by atoms with Crippen molar-refractivity contribution in [3.05, 3.63) is 0 Å². The molecule has 0 aromatic rings. The molecule has 0 fully saturated rings. The van der Waals surface area contributed by atoms with Gasteiger partial charge >= 0.3 is 0 Å². The van der Waals surface area contributed by atoms with Crippen LogP contribution in [0.1, 0.15) is 78.6 Å². The van der Waals surface area contributed by atoms with E-state index < -0.39 is 5.97 Å². The lowest BCUT2D eigenvalue weighted by Gasteiger charge is -2.31. The lowest BCUT2D eigenvalue weighted by Crippen LogP contribution is -2.38. The molecule has 3 heteroatoms. The zero-order valence-electron chi connectivity index (χ0n) is 13.5. The summed E-state index contributed by atoms with van der Waals surface area (Å²) in [7, 11) is 1.67. The lowest BCUT2D eigenvalue weighted by atomic mass is 10.1. The van der Waals surface area contributed by atoms with Crippen molar-refractivity contribution in [1.29, 1.82) is 0 Å². The topological polar surface area (TPSA) is 27.7 Å². The molecule has 0 rings (SSSR count). The molecule has 0 aromatic carbocycles. The van der Waals surface area contributed by atoms with E-state index in [2.05, 4.69) is 13.8 Å². The molecule has 0 spiro atoms. The van der Waals surface area contributed by atoms with E-state index in [4.69, 9.17) is 14.2 Å². The summed E-state index contributed by atoms with van der Waals surface area (Å²) >= 11 is 0. The average molecular weight is 274 g/mol. The standard InChI is InChI=1S/C16H34O3/c1-5-8-9-10-11-12-13-14-16(17-4,18-7-3)19-15-6-2/h5-15H2,1-4H3. The van der Waals surface area contributed by atoms with Gasteiger partial charge in [0.05, 0.1) is 6.61 Å². The number of rotatable bonds is 14. The van der Waals surface area contributed by atoms with Crippen LogP contribution in [0.5, 0.6) is 0 Å². The van der Waals surface area contributed by atoms with Gasteiger partial charge in [-0.2, -0.15) is 0 Å². The van der Waals surface area contributed by atoms with E-state index in [0.29, 0.717) is 13.2 Å². The molecule has 3 nitrogen and oxygen atoms in total. The van der Waals surface area contributed by atoms with Crippen molar-refractivity contribution in [2.75, 3.05) is 20.3 Å². The van der Waals surface area contributed by atoms with Crippen LogP contribution in [0.25, 0.3) is 0 Å². The lowest BCUT2D eigenvalue weighted by molar-refractivity contribution is -0.373. The molecule has 0 aliphatic rings. The van der Waals surface area contributed by atoms with Gasteiger partial charge in [-0.3, -0.25) is 0 Å². The second-order valence-electron chi connectivity index (χ2n) is 5.04. The molecule has 0 heterocycles. The van der Waals surface area contributed by atoms with Crippen molar-refractivity contribution >= 4 is 0 Å². The fraction of sp³-hybridized carbons (Fsp3) is 1.00. The maximum Gasteiger partial charge on any atom is 0.282 e.